The van der Waals surface area contributed by atoms with Gasteiger partial charge in [-0.3, -0.25) is 4.79 Å². The summed E-state index contributed by atoms with van der Waals surface area (Å²) >= 11 is 1.46. The molecule has 1 aliphatic heterocycles. The van der Waals surface area contributed by atoms with Crippen molar-refractivity contribution in [2.45, 2.75) is 45.9 Å². The van der Waals surface area contributed by atoms with Gasteiger partial charge in [0, 0.05) is 32.6 Å². The lowest BCUT2D eigenvalue weighted by Crippen LogP contribution is -2.50. The Kier molecular flexibility index (Phi) is 6.45. The fourth-order valence-electron chi connectivity index (χ4n) is 3.49. The van der Waals surface area contributed by atoms with Gasteiger partial charge in [-0.15, -0.1) is 11.3 Å². The zero-order chi connectivity index (χ0) is 21.3. The molecule has 0 N–H and O–H groups in total. The molecule has 0 unspecified atom stereocenters. The van der Waals surface area contributed by atoms with Crippen LogP contribution in [-0.4, -0.2) is 54.7 Å². The molecule has 2 aromatic rings. The number of benzene rings is 1. The van der Waals surface area contributed by atoms with Gasteiger partial charge in [0.25, 0.3) is 5.91 Å². The molecule has 0 saturated carbocycles. The van der Waals surface area contributed by atoms with Crippen LogP contribution in [-0.2, 0) is 16.4 Å². The zero-order valence-corrected chi connectivity index (χ0v) is 19.4. The van der Waals surface area contributed by atoms with Crippen molar-refractivity contribution in [1.29, 1.82) is 0 Å². The summed E-state index contributed by atoms with van der Waals surface area (Å²) in [5, 5.41) is 0.983. The lowest BCUT2D eigenvalue weighted by molar-refractivity contribution is 0.0702. The zero-order valence-electron chi connectivity index (χ0n) is 17.7. The van der Waals surface area contributed by atoms with E-state index in [0.29, 0.717) is 41.9 Å². The number of amides is 1. The summed E-state index contributed by atoms with van der Waals surface area (Å²) in [6.07, 6.45) is 0.862. The molecule has 0 spiro atoms. The average molecular weight is 436 g/mol. The predicted octanol–water partition coefficient (Wildman–Crippen LogP) is 3.41. The van der Waals surface area contributed by atoms with E-state index in [9.17, 15) is 13.2 Å². The van der Waals surface area contributed by atoms with E-state index in [-0.39, 0.29) is 5.91 Å². The number of aryl methyl sites for hydroxylation is 3. The van der Waals surface area contributed by atoms with Crippen LogP contribution in [0.25, 0.3) is 0 Å². The van der Waals surface area contributed by atoms with Crippen molar-refractivity contribution in [2.24, 2.45) is 5.92 Å². The Hall–Kier alpha value is -1.77. The lowest BCUT2D eigenvalue weighted by atomic mass is 10.1. The Bertz CT molecular complexity index is 1000. The quantitative estimate of drug-likeness (QED) is 0.722. The van der Waals surface area contributed by atoms with Crippen LogP contribution in [0.15, 0.2) is 23.1 Å². The molecular weight excluding hydrogens is 406 g/mol. The average Bonchev–Trinajstić information content (AvgIpc) is 3.02. The molecule has 0 atom stereocenters. The smallest absolute Gasteiger partial charge is 0.265 e. The molecule has 3 rings (SSSR count). The third kappa shape index (κ3) is 4.70. The maximum absolute atomic E-state index is 13.1. The predicted molar refractivity (Wildman–Crippen MR) is 116 cm³/mol. The standard InChI is InChI=1S/C21H29N3O3S2/c1-14(2)12-19-22-17(5)20(28-19)21(25)23-8-10-24(11-9-23)29(26,27)18-13-15(3)6-7-16(18)4/h6-7,13-14H,8-12H2,1-5H3. The molecule has 1 aromatic heterocycles. The topological polar surface area (TPSA) is 70.6 Å². The van der Waals surface area contributed by atoms with E-state index in [1.165, 1.54) is 15.6 Å². The van der Waals surface area contributed by atoms with Crippen molar-refractivity contribution in [3.05, 3.63) is 44.9 Å². The molecular formula is C21H29N3O3S2. The summed E-state index contributed by atoms with van der Waals surface area (Å²) in [7, 11) is -3.56. The van der Waals surface area contributed by atoms with E-state index in [2.05, 4.69) is 18.8 Å². The molecule has 0 bridgehead atoms. The van der Waals surface area contributed by atoms with Gasteiger partial charge in [-0.05, 0) is 43.9 Å². The van der Waals surface area contributed by atoms with E-state index in [1.807, 2.05) is 32.9 Å². The van der Waals surface area contributed by atoms with Crippen LogP contribution in [0.2, 0.25) is 0 Å². The number of hydrogen-bond acceptors (Lipinski definition) is 5. The SMILES string of the molecule is Cc1ccc(C)c(S(=O)(=O)N2CCN(C(=O)c3sc(CC(C)C)nc3C)CC2)c1. The molecule has 1 aromatic carbocycles. The van der Waals surface area contributed by atoms with Crippen molar-refractivity contribution in [3.63, 3.8) is 0 Å². The summed E-state index contributed by atoms with van der Waals surface area (Å²) in [4.78, 5) is 20.3. The molecule has 1 fully saturated rings. The molecule has 1 saturated heterocycles. The highest BCUT2D eigenvalue weighted by Crippen LogP contribution is 2.25. The summed E-state index contributed by atoms with van der Waals surface area (Å²) in [5.41, 5.74) is 2.43. The fraction of sp³-hybridized carbons (Fsp3) is 0.524. The Morgan fingerprint density at radius 1 is 1.14 bits per heavy atom. The van der Waals surface area contributed by atoms with Gasteiger partial charge in [-0.1, -0.05) is 26.0 Å². The number of thiazole rings is 1. The van der Waals surface area contributed by atoms with Gasteiger partial charge in [-0.25, -0.2) is 13.4 Å². The number of carbonyl (C=O) groups is 1. The first-order chi connectivity index (χ1) is 13.6. The first kappa shape index (κ1) is 21.9. The van der Waals surface area contributed by atoms with Crippen LogP contribution >= 0.6 is 11.3 Å². The Balaban J connectivity index is 1.71. The van der Waals surface area contributed by atoms with E-state index < -0.39 is 10.0 Å². The second-order valence-electron chi connectivity index (χ2n) is 8.09. The van der Waals surface area contributed by atoms with Gasteiger partial charge in [0.1, 0.15) is 4.88 Å². The molecule has 8 heteroatoms. The minimum Gasteiger partial charge on any atom is -0.335 e. The van der Waals surface area contributed by atoms with Gasteiger partial charge in [0.05, 0.1) is 15.6 Å². The number of rotatable bonds is 5. The monoisotopic (exact) mass is 435 g/mol. The molecule has 0 aliphatic carbocycles. The second-order valence-corrected chi connectivity index (χ2v) is 11.1. The number of sulfonamides is 1. The van der Waals surface area contributed by atoms with Crippen LogP contribution in [0.3, 0.4) is 0 Å². The van der Waals surface area contributed by atoms with Crippen molar-refractivity contribution >= 4 is 27.3 Å². The highest BCUT2D eigenvalue weighted by Gasteiger charge is 2.32. The number of aromatic nitrogens is 1. The summed E-state index contributed by atoms with van der Waals surface area (Å²) in [6.45, 7) is 11.2. The van der Waals surface area contributed by atoms with E-state index >= 15 is 0 Å². The van der Waals surface area contributed by atoms with Crippen molar-refractivity contribution in [2.75, 3.05) is 26.2 Å². The molecule has 0 radical (unpaired) electrons. The lowest BCUT2D eigenvalue weighted by Gasteiger charge is -2.34. The molecule has 1 amide bonds. The molecule has 158 valence electrons. The fourth-order valence-corrected chi connectivity index (χ4v) is 6.46. The number of piperazine rings is 1. The molecule has 29 heavy (non-hydrogen) atoms. The molecule has 1 aliphatic rings. The minimum absolute atomic E-state index is 0.0428. The van der Waals surface area contributed by atoms with Crippen molar-refractivity contribution in [3.8, 4) is 0 Å². The Morgan fingerprint density at radius 3 is 2.41 bits per heavy atom. The minimum atomic E-state index is -3.56. The highest BCUT2D eigenvalue weighted by molar-refractivity contribution is 7.89. The summed E-state index contributed by atoms with van der Waals surface area (Å²) in [6, 6.07) is 5.47. The third-order valence-corrected chi connectivity index (χ3v) is 8.31. The second kappa shape index (κ2) is 8.53. The summed E-state index contributed by atoms with van der Waals surface area (Å²) < 4.78 is 27.7. The van der Waals surface area contributed by atoms with Crippen LogP contribution in [0.1, 0.15) is 45.3 Å². The maximum atomic E-state index is 13.1. The number of nitrogens with zero attached hydrogens (tertiary/aromatic N) is 3. The van der Waals surface area contributed by atoms with Crippen LogP contribution in [0.5, 0.6) is 0 Å². The van der Waals surface area contributed by atoms with Crippen molar-refractivity contribution in [1.82, 2.24) is 14.2 Å². The number of carbonyl (C=O) groups excluding carboxylic acids is 1. The summed E-state index contributed by atoms with van der Waals surface area (Å²) in [5.74, 6) is 0.445. The number of hydrogen-bond donors (Lipinski definition) is 0. The van der Waals surface area contributed by atoms with Gasteiger partial charge in [0.2, 0.25) is 10.0 Å². The van der Waals surface area contributed by atoms with Crippen LogP contribution < -0.4 is 0 Å². The Morgan fingerprint density at radius 2 is 1.79 bits per heavy atom. The van der Waals surface area contributed by atoms with Gasteiger partial charge in [0.15, 0.2) is 0 Å². The van der Waals surface area contributed by atoms with Gasteiger partial charge in [-0.2, -0.15) is 4.31 Å². The van der Waals surface area contributed by atoms with E-state index in [1.54, 1.807) is 11.0 Å². The Labute approximate surface area is 177 Å². The van der Waals surface area contributed by atoms with E-state index in [0.717, 1.165) is 28.2 Å². The van der Waals surface area contributed by atoms with E-state index in [4.69, 9.17) is 0 Å². The van der Waals surface area contributed by atoms with Gasteiger partial charge >= 0.3 is 0 Å². The largest absolute Gasteiger partial charge is 0.335 e. The molecule has 6 nitrogen and oxygen atoms in total. The van der Waals surface area contributed by atoms with Crippen LogP contribution in [0.4, 0.5) is 0 Å². The van der Waals surface area contributed by atoms with Crippen LogP contribution in [0, 0.1) is 26.7 Å². The third-order valence-electron chi connectivity index (χ3n) is 5.11. The first-order valence-electron chi connectivity index (χ1n) is 9.92. The van der Waals surface area contributed by atoms with Crippen molar-refractivity contribution < 1.29 is 13.2 Å². The highest BCUT2D eigenvalue weighted by atomic mass is 32.2. The normalized spacial score (nSPS) is 15.9. The first-order valence-corrected chi connectivity index (χ1v) is 12.2. The van der Waals surface area contributed by atoms with Gasteiger partial charge < -0.3 is 4.90 Å². The maximum Gasteiger partial charge on any atom is 0.265 e. The molecule has 2 heterocycles.